The Labute approximate surface area is 98.5 Å². The molecule has 0 aromatic heterocycles. The Kier molecular flexibility index (Phi) is 3.09. The molecular weight excluding hydrogens is 220 g/mol. The summed E-state index contributed by atoms with van der Waals surface area (Å²) in [5.41, 5.74) is 2.27. The number of hydrogen-bond donors (Lipinski definition) is 2. The molecular formula is C12H12N2O3. The van der Waals surface area contributed by atoms with Crippen molar-refractivity contribution in [3.8, 4) is 0 Å². The van der Waals surface area contributed by atoms with E-state index in [9.17, 15) is 9.59 Å². The van der Waals surface area contributed by atoms with Gasteiger partial charge in [0.1, 0.15) is 6.61 Å². The summed E-state index contributed by atoms with van der Waals surface area (Å²) in [7, 11) is 0. The molecule has 1 aliphatic heterocycles. The minimum Gasteiger partial charge on any atom is -0.456 e. The molecule has 88 valence electrons. The van der Waals surface area contributed by atoms with Crippen molar-refractivity contribution in [3.63, 3.8) is 0 Å². The number of ether oxygens (including phenoxy) is 1. The number of esters is 1. The molecule has 1 aliphatic rings. The maximum atomic E-state index is 11.5. The maximum absolute atomic E-state index is 11.5. The van der Waals surface area contributed by atoms with Crippen LogP contribution in [-0.2, 0) is 9.53 Å². The topological polar surface area (TPSA) is 67.4 Å². The molecule has 0 saturated carbocycles. The number of nitrogens with one attached hydrogen (secondary N) is 2. The lowest BCUT2D eigenvalue weighted by Crippen LogP contribution is -2.28. The Morgan fingerprint density at radius 3 is 2.53 bits per heavy atom. The van der Waals surface area contributed by atoms with E-state index < -0.39 is 12.0 Å². The van der Waals surface area contributed by atoms with Crippen molar-refractivity contribution in [2.24, 2.45) is 0 Å². The van der Waals surface area contributed by atoms with E-state index in [1.54, 1.807) is 12.1 Å². The van der Waals surface area contributed by atoms with Crippen molar-refractivity contribution in [2.75, 3.05) is 11.9 Å². The average Bonchev–Trinajstić information content (AvgIpc) is 2.67. The van der Waals surface area contributed by atoms with E-state index in [0.717, 1.165) is 5.56 Å². The third kappa shape index (κ3) is 3.07. The van der Waals surface area contributed by atoms with Crippen molar-refractivity contribution in [1.82, 2.24) is 5.32 Å². The molecule has 2 N–H and O–H groups in total. The Bertz CT molecular complexity index is 477. The molecule has 1 aromatic rings. The van der Waals surface area contributed by atoms with E-state index in [-0.39, 0.29) is 6.61 Å². The monoisotopic (exact) mass is 232 g/mol. The van der Waals surface area contributed by atoms with Crippen LogP contribution in [-0.4, -0.2) is 18.6 Å². The van der Waals surface area contributed by atoms with E-state index in [1.165, 1.54) is 6.08 Å². The minimum atomic E-state index is -0.435. The van der Waals surface area contributed by atoms with Crippen molar-refractivity contribution in [2.45, 2.75) is 6.92 Å². The normalized spacial score (nSPS) is 13.9. The minimum absolute atomic E-state index is 0.111. The van der Waals surface area contributed by atoms with E-state index in [1.807, 2.05) is 19.1 Å². The van der Waals surface area contributed by atoms with E-state index in [4.69, 9.17) is 0 Å². The summed E-state index contributed by atoms with van der Waals surface area (Å²) in [6, 6.07) is 7.02. The highest BCUT2D eigenvalue weighted by Crippen LogP contribution is 2.09. The third-order valence-corrected chi connectivity index (χ3v) is 2.25. The summed E-state index contributed by atoms with van der Waals surface area (Å²) in [4.78, 5) is 22.3. The lowest BCUT2D eigenvalue weighted by molar-refractivity contribution is -0.134. The molecule has 5 heteroatoms. The first-order valence-electron chi connectivity index (χ1n) is 5.15. The highest BCUT2D eigenvalue weighted by molar-refractivity contribution is 5.92. The number of hydrogen-bond acceptors (Lipinski definition) is 3. The van der Waals surface area contributed by atoms with Crippen LogP contribution in [0.5, 0.6) is 0 Å². The first-order chi connectivity index (χ1) is 8.13. The molecule has 2 amide bonds. The molecule has 1 aromatic carbocycles. The molecule has 0 aliphatic carbocycles. The Hall–Kier alpha value is -2.30. The van der Waals surface area contributed by atoms with Crippen LogP contribution >= 0.6 is 0 Å². The van der Waals surface area contributed by atoms with Gasteiger partial charge in [-0.1, -0.05) is 17.7 Å². The van der Waals surface area contributed by atoms with Gasteiger partial charge in [-0.25, -0.2) is 9.59 Å². The number of aryl methyl sites for hydroxylation is 1. The molecule has 2 rings (SSSR count). The van der Waals surface area contributed by atoms with Crippen LogP contribution < -0.4 is 10.6 Å². The standard InChI is InChI=1S/C12H12N2O3/c1-8-2-4-9(5-3-8)13-12(16)14-10-6-11(15)17-7-10/h2-6H,7H2,1H3,(H2,13,14,16). The van der Waals surface area contributed by atoms with Gasteiger partial charge in [-0.05, 0) is 19.1 Å². The highest BCUT2D eigenvalue weighted by Gasteiger charge is 2.14. The van der Waals surface area contributed by atoms with Crippen LogP contribution in [0.25, 0.3) is 0 Å². The smallest absolute Gasteiger partial charge is 0.333 e. The zero-order valence-corrected chi connectivity index (χ0v) is 9.32. The number of anilines is 1. The van der Waals surface area contributed by atoms with Gasteiger partial charge in [0, 0.05) is 11.8 Å². The van der Waals surface area contributed by atoms with Gasteiger partial charge in [0.2, 0.25) is 0 Å². The molecule has 0 unspecified atom stereocenters. The number of urea groups is 1. The quantitative estimate of drug-likeness (QED) is 0.760. The van der Waals surface area contributed by atoms with Gasteiger partial charge in [0.25, 0.3) is 0 Å². The fraction of sp³-hybridized carbons (Fsp3) is 0.167. The number of cyclic esters (lactones) is 1. The number of carbonyl (C=O) groups is 2. The van der Waals surface area contributed by atoms with E-state index in [2.05, 4.69) is 15.4 Å². The summed E-state index contributed by atoms with van der Waals surface area (Å²) in [5.74, 6) is -0.435. The zero-order valence-electron chi connectivity index (χ0n) is 9.32. The zero-order chi connectivity index (χ0) is 12.3. The maximum Gasteiger partial charge on any atom is 0.333 e. The summed E-state index contributed by atoms with van der Waals surface area (Å²) in [6.45, 7) is 2.08. The molecule has 17 heavy (non-hydrogen) atoms. The molecule has 0 atom stereocenters. The number of benzene rings is 1. The Balaban J connectivity index is 1.91. The first kappa shape index (κ1) is 11.2. The summed E-state index contributed by atoms with van der Waals surface area (Å²) < 4.78 is 4.66. The van der Waals surface area contributed by atoms with E-state index in [0.29, 0.717) is 11.4 Å². The largest absolute Gasteiger partial charge is 0.456 e. The third-order valence-electron chi connectivity index (χ3n) is 2.25. The summed E-state index contributed by atoms with van der Waals surface area (Å²) in [6.07, 6.45) is 1.26. The Morgan fingerprint density at radius 1 is 1.24 bits per heavy atom. The second-order valence-electron chi connectivity index (χ2n) is 3.72. The summed E-state index contributed by atoms with van der Waals surface area (Å²) >= 11 is 0. The second kappa shape index (κ2) is 4.69. The molecule has 0 bridgehead atoms. The molecule has 0 fully saturated rings. The lowest BCUT2D eigenvalue weighted by atomic mass is 10.2. The fourth-order valence-corrected chi connectivity index (χ4v) is 1.39. The van der Waals surface area contributed by atoms with Gasteiger partial charge in [0.05, 0.1) is 5.70 Å². The van der Waals surface area contributed by atoms with Crippen molar-refractivity contribution in [1.29, 1.82) is 0 Å². The number of carbonyl (C=O) groups excluding carboxylic acids is 2. The van der Waals surface area contributed by atoms with Crippen LogP contribution in [0.2, 0.25) is 0 Å². The van der Waals surface area contributed by atoms with Crippen LogP contribution in [0.3, 0.4) is 0 Å². The summed E-state index contributed by atoms with van der Waals surface area (Å²) in [5, 5.41) is 5.19. The molecule has 1 heterocycles. The predicted molar refractivity (Wildman–Crippen MR) is 62.4 cm³/mol. The van der Waals surface area contributed by atoms with Gasteiger partial charge < -0.3 is 15.4 Å². The van der Waals surface area contributed by atoms with Crippen molar-refractivity contribution >= 4 is 17.7 Å². The van der Waals surface area contributed by atoms with Gasteiger partial charge in [-0.15, -0.1) is 0 Å². The molecule has 0 spiro atoms. The number of rotatable bonds is 2. The SMILES string of the molecule is Cc1ccc(NC(=O)NC2=CC(=O)OC2)cc1. The first-order valence-corrected chi connectivity index (χ1v) is 5.15. The fourth-order valence-electron chi connectivity index (χ4n) is 1.39. The van der Waals surface area contributed by atoms with Gasteiger partial charge in [-0.2, -0.15) is 0 Å². The van der Waals surface area contributed by atoms with Gasteiger partial charge in [-0.3, -0.25) is 0 Å². The van der Waals surface area contributed by atoms with Crippen LogP contribution in [0.15, 0.2) is 36.0 Å². The van der Waals surface area contributed by atoms with Gasteiger partial charge >= 0.3 is 12.0 Å². The number of amides is 2. The van der Waals surface area contributed by atoms with Crippen LogP contribution in [0.4, 0.5) is 10.5 Å². The average molecular weight is 232 g/mol. The van der Waals surface area contributed by atoms with Crippen molar-refractivity contribution in [3.05, 3.63) is 41.6 Å². The van der Waals surface area contributed by atoms with Crippen LogP contribution in [0, 0.1) is 6.92 Å². The second-order valence-corrected chi connectivity index (χ2v) is 3.72. The molecule has 5 nitrogen and oxygen atoms in total. The molecule has 0 radical (unpaired) electrons. The molecule has 0 saturated heterocycles. The Morgan fingerprint density at radius 2 is 1.94 bits per heavy atom. The predicted octanol–water partition coefficient (Wildman–Crippen LogP) is 1.56. The van der Waals surface area contributed by atoms with Crippen LogP contribution in [0.1, 0.15) is 5.56 Å². The highest BCUT2D eigenvalue weighted by atomic mass is 16.5. The van der Waals surface area contributed by atoms with Gasteiger partial charge in [0.15, 0.2) is 0 Å². The van der Waals surface area contributed by atoms with Crippen molar-refractivity contribution < 1.29 is 14.3 Å². The lowest BCUT2D eigenvalue weighted by Gasteiger charge is -2.07. The van der Waals surface area contributed by atoms with E-state index >= 15 is 0 Å².